The summed E-state index contributed by atoms with van der Waals surface area (Å²) in [5.41, 5.74) is 2.48. The van der Waals surface area contributed by atoms with Crippen LogP contribution in [0.1, 0.15) is 34.8 Å². The number of carbonyl (C=O) groups is 2. The molecule has 3 aromatic carbocycles. The lowest BCUT2D eigenvalue weighted by Crippen LogP contribution is -2.33. The van der Waals surface area contributed by atoms with Gasteiger partial charge in [-0.3, -0.25) is 9.59 Å². The molecule has 160 valence electrons. The van der Waals surface area contributed by atoms with Crippen molar-refractivity contribution in [3.63, 3.8) is 0 Å². The lowest BCUT2D eigenvalue weighted by Gasteiger charge is -2.24. The summed E-state index contributed by atoms with van der Waals surface area (Å²) >= 11 is 0. The fraction of sp³-hybridized carbons (Fsp3) is 0.231. The first kappa shape index (κ1) is 22.1. The first-order valence-electron chi connectivity index (χ1n) is 10.4. The average molecular weight is 418 g/mol. The number of hydrogen-bond acceptors (Lipinski definition) is 4. The second-order valence-electron chi connectivity index (χ2n) is 7.04. The van der Waals surface area contributed by atoms with Crippen LogP contribution >= 0.6 is 0 Å². The molecule has 0 bridgehead atoms. The van der Waals surface area contributed by atoms with Gasteiger partial charge in [-0.25, -0.2) is 0 Å². The molecule has 1 amide bonds. The summed E-state index contributed by atoms with van der Waals surface area (Å²) < 4.78 is 11.0. The summed E-state index contributed by atoms with van der Waals surface area (Å²) in [6.45, 7) is 3.12. The predicted molar refractivity (Wildman–Crippen MR) is 120 cm³/mol. The van der Waals surface area contributed by atoms with E-state index >= 15 is 0 Å². The van der Waals surface area contributed by atoms with Crippen molar-refractivity contribution in [1.82, 2.24) is 4.90 Å². The lowest BCUT2D eigenvalue weighted by molar-refractivity contribution is -0.143. The molecule has 0 saturated heterocycles. The summed E-state index contributed by atoms with van der Waals surface area (Å²) in [4.78, 5) is 27.0. The number of para-hydroxylation sites is 1. The number of hydrogen-bond donors (Lipinski definition) is 0. The van der Waals surface area contributed by atoms with Crippen LogP contribution in [0.2, 0.25) is 0 Å². The zero-order valence-electron chi connectivity index (χ0n) is 17.7. The molecule has 0 unspecified atom stereocenters. The van der Waals surface area contributed by atoms with Gasteiger partial charge in [-0.2, -0.15) is 0 Å². The van der Waals surface area contributed by atoms with Crippen LogP contribution in [0.3, 0.4) is 0 Å². The molecule has 0 N–H and O–H groups in total. The van der Waals surface area contributed by atoms with Gasteiger partial charge >= 0.3 is 5.97 Å². The number of amides is 1. The number of rotatable bonds is 10. The maximum atomic E-state index is 13.4. The van der Waals surface area contributed by atoms with E-state index in [2.05, 4.69) is 0 Å². The minimum absolute atomic E-state index is 0.138. The topological polar surface area (TPSA) is 55.8 Å². The Morgan fingerprint density at radius 1 is 0.806 bits per heavy atom. The third-order valence-corrected chi connectivity index (χ3v) is 4.75. The minimum Gasteiger partial charge on any atom is -0.488 e. The van der Waals surface area contributed by atoms with Crippen molar-refractivity contribution >= 4 is 11.9 Å². The van der Waals surface area contributed by atoms with E-state index in [-0.39, 0.29) is 24.8 Å². The van der Waals surface area contributed by atoms with Crippen molar-refractivity contribution < 1.29 is 19.1 Å². The van der Waals surface area contributed by atoms with Crippen molar-refractivity contribution in [2.45, 2.75) is 26.5 Å². The van der Waals surface area contributed by atoms with E-state index in [1.807, 2.05) is 72.8 Å². The SMILES string of the molecule is CCOC(=O)CCN(Cc1ccccc1)C(=O)c1ccccc1OCc1ccccc1. The molecule has 0 heterocycles. The molecule has 0 aliphatic carbocycles. The molecule has 31 heavy (non-hydrogen) atoms. The first-order chi connectivity index (χ1) is 15.2. The average Bonchev–Trinajstić information content (AvgIpc) is 2.81. The summed E-state index contributed by atoms with van der Waals surface area (Å²) in [5, 5.41) is 0. The molecule has 0 fully saturated rings. The molecule has 0 aliphatic rings. The Bertz CT molecular complexity index is 973. The van der Waals surface area contributed by atoms with E-state index in [1.54, 1.807) is 24.0 Å². The molecule has 0 radical (unpaired) electrons. The Labute approximate surface area is 183 Å². The number of ether oxygens (including phenoxy) is 2. The van der Waals surface area contributed by atoms with Crippen LogP contribution in [0.15, 0.2) is 84.9 Å². The number of carbonyl (C=O) groups excluding carboxylic acids is 2. The fourth-order valence-electron chi connectivity index (χ4n) is 3.19. The third-order valence-electron chi connectivity index (χ3n) is 4.75. The van der Waals surface area contributed by atoms with Gasteiger partial charge in [-0.15, -0.1) is 0 Å². The summed E-state index contributed by atoms with van der Waals surface area (Å²) in [6, 6.07) is 26.7. The van der Waals surface area contributed by atoms with E-state index in [0.717, 1.165) is 11.1 Å². The molecule has 0 atom stereocenters. The van der Waals surface area contributed by atoms with E-state index in [0.29, 0.717) is 31.1 Å². The van der Waals surface area contributed by atoms with E-state index in [4.69, 9.17) is 9.47 Å². The molecule has 0 aliphatic heterocycles. The van der Waals surface area contributed by atoms with Crippen LogP contribution in [0, 0.1) is 0 Å². The van der Waals surface area contributed by atoms with Crippen molar-refractivity contribution in [2.24, 2.45) is 0 Å². The Morgan fingerprint density at radius 3 is 2.10 bits per heavy atom. The van der Waals surface area contributed by atoms with Gasteiger partial charge in [0.1, 0.15) is 12.4 Å². The molecule has 5 nitrogen and oxygen atoms in total. The van der Waals surface area contributed by atoms with E-state index in [9.17, 15) is 9.59 Å². The van der Waals surface area contributed by atoms with Gasteiger partial charge < -0.3 is 14.4 Å². The van der Waals surface area contributed by atoms with Crippen LogP contribution in [0.25, 0.3) is 0 Å². The van der Waals surface area contributed by atoms with Gasteiger partial charge in [0.05, 0.1) is 18.6 Å². The Balaban J connectivity index is 1.78. The lowest BCUT2D eigenvalue weighted by atomic mass is 10.1. The number of nitrogens with zero attached hydrogens (tertiary/aromatic N) is 1. The van der Waals surface area contributed by atoms with Crippen LogP contribution < -0.4 is 4.74 Å². The fourth-order valence-corrected chi connectivity index (χ4v) is 3.19. The van der Waals surface area contributed by atoms with Crippen LogP contribution in [-0.4, -0.2) is 29.9 Å². The maximum absolute atomic E-state index is 13.4. The zero-order valence-corrected chi connectivity index (χ0v) is 17.7. The van der Waals surface area contributed by atoms with Crippen molar-refractivity contribution in [3.8, 4) is 5.75 Å². The van der Waals surface area contributed by atoms with Crippen LogP contribution in [0.4, 0.5) is 0 Å². The van der Waals surface area contributed by atoms with Gasteiger partial charge in [-0.05, 0) is 30.2 Å². The highest BCUT2D eigenvalue weighted by molar-refractivity contribution is 5.97. The third kappa shape index (κ3) is 6.71. The second-order valence-corrected chi connectivity index (χ2v) is 7.04. The summed E-state index contributed by atoms with van der Waals surface area (Å²) in [5.74, 6) is 0.0179. The Hall–Kier alpha value is -3.60. The largest absolute Gasteiger partial charge is 0.488 e. The van der Waals surface area contributed by atoms with Gasteiger partial charge in [0, 0.05) is 13.1 Å². The molecule has 3 rings (SSSR count). The van der Waals surface area contributed by atoms with Gasteiger partial charge in [0.25, 0.3) is 5.91 Å². The molecule has 3 aromatic rings. The van der Waals surface area contributed by atoms with E-state index in [1.165, 1.54) is 0 Å². The Morgan fingerprint density at radius 2 is 1.42 bits per heavy atom. The highest BCUT2D eigenvalue weighted by Gasteiger charge is 2.21. The molecule has 0 saturated carbocycles. The highest BCUT2D eigenvalue weighted by Crippen LogP contribution is 2.22. The number of benzene rings is 3. The predicted octanol–water partition coefficient (Wildman–Crippen LogP) is 4.86. The monoisotopic (exact) mass is 417 g/mol. The van der Waals surface area contributed by atoms with Crippen LogP contribution in [-0.2, 0) is 22.7 Å². The molecular formula is C26H27NO4. The standard InChI is InChI=1S/C26H27NO4/c1-2-30-25(28)17-18-27(19-21-11-5-3-6-12-21)26(29)23-15-9-10-16-24(23)31-20-22-13-7-4-8-14-22/h3-16H,2,17-20H2,1H3. The molecular weight excluding hydrogens is 390 g/mol. The smallest absolute Gasteiger partial charge is 0.307 e. The molecule has 0 spiro atoms. The second kappa shape index (κ2) is 11.6. The van der Waals surface area contributed by atoms with E-state index < -0.39 is 0 Å². The maximum Gasteiger partial charge on any atom is 0.307 e. The number of esters is 1. The normalized spacial score (nSPS) is 10.4. The van der Waals surface area contributed by atoms with Gasteiger partial charge in [0.15, 0.2) is 0 Å². The van der Waals surface area contributed by atoms with Gasteiger partial charge in [-0.1, -0.05) is 72.8 Å². The molecule has 5 heteroatoms. The minimum atomic E-state index is -0.318. The quantitative estimate of drug-likeness (QED) is 0.442. The first-order valence-corrected chi connectivity index (χ1v) is 10.4. The van der Waals surface area contributed by atoms with Crippen molar-refractivity contribution in [3.05, 3.63) is 102 Å². The van der Waals surface area contributed by atoms with Crippen molar-refractivity contribution in [2.75, 3.05) is 13.2 Å². The summed E-state index contributed by atoms with van der Waals surface area (Å²) in [7, 11) is 0. The Kier molecular flexibility index (Phi) is 8.23. The van der Waals surface area contributed by atoms with Crippen molar-refractivity contribution in [1.29, 1.82) is 0 Å². The van der Waals surface area contributed by atoms with Gasteiger partial charge in [0.2, 0.25) is 0 Å². The highest BCUT2D eigenvalue weighted by atomic mass is 16.5. The summed E-state index contributed by atoms with van der Waals surface area (Å²) in [6.07, 6.45) is 0.138. The van der Waals surface area contributed by atoms with Crippen LogP contribution in [0.5, 0.6) is 5.75 Å². The molecule has 0 aromatic heterocycles. The zero-order chi connectivity index (χ0) is 21.9.